The van der Waals surface area contributed by atoms with Crippen molar-refractivity contribution in [1.29, 1.82) is 0 Å². The van der Waals surface area contributed by atoms with Gasteiger partial charge in [-0.05, 0) is 89.9 Å². The van der Waals surface area contributed by atoms with E-state index in [0.29, 0.717) is 19.3 Å². The van der Waals surface area contributed by atoms with Gasteiger partial charge in [-0.3, -0.25) is 14.4 Å². The Morgan fingerprint density at radius 3 is 0.831 bits per heavy atom. The van der Waals surface area contributed by atoms with Crippen LogP contribution in [0, 0.1) is 0 Å². The molecule has 1 unspecified atom stereocenters. The number of rotatable bonds is 61. The molecule has 0 rings (SSSR count). The monoisotopic (exact) mass is 1070 g/mol. The maximum absolute atomic E-state index is 12.9. The van der Waals surface area contributed by atoms with E-state index in [1.807, 2.05) is 0 Å². The Bertz CT molecular complexity index is 1420. The molecule has 0 aliphatic heterocycles. The second-order valence-corrected chi connectivity index (χ2v) is 22.4. The fraction of sp³-hybridized carbons (Fsp3) is 0.789. The lowest BCUT2D eigenvalue weighted by Crippen LogP contribution is -2.30. The average molecular weight is 1080 g/mol. The van der Waals surface area contributed by atoms with Gasteiger partial charge in [-0.2, -0.15) is 0 Å². The Morgan fingerprint density at radius 1 is 0.273 bits per heavy atom. The molecule has 446 valence electrons. The fourth-order valence-corrected chi connectivity index (χ4v) is 9.70. The first-order valence-electron chi connectivity index (χ1n) is 33.4. The predicted molar refractivity (Wildman–Crippen MR) is 335 cm³/mol. The molecule has 0 saturated heterocycles. The van der Waals surface area contributed by atoms with E-state index < -0.39 is 6.10 Å². The largest absolute Gasteiger partial charge is 0.462 e. The SMILES string of the molecule is CC/C=C\C/C=C\C/C=C\C/C=C\C/C=C\CCCCCCCC(=O)OC(COC(=O)CCCCCCC/C=C\CCCCC)COC(=O)CCCCCCCCCCCCCCCCCCCCCCCCCCCC. The van der Waals surface area contributed by atoms with Crippen molar-refractivity contribution in [2.45, 2.75) is 348 Å². The van der Waals surface area contributed by atoms with Crippen molar-refractivity contribution in [2.75, 3.05) is 13.2 Å². The molecular formula is C71H126O6. The lowest BCUT2D eigenvalue weighted by Gasteiger charge is -2.18. The summed E-state index contributed by atoms with van der Waals surface area (Å²) in [5.41, 5.74) is 0. The van der Waals surface area contributed by atoms with E-state index in [0.717, 1.165) is 116 Å². The summed E-state index contributed by atoms with van der Waals surface area (Å²) < 4.78 is 16.9. The van der Waals surface area contributed by atoms with Crippen LogP contribution in [0.5, 0.6) is 0 Å². The zero-order chi connectivity index (χ0) is 55.7. The van der Waals surface area contributed by atoms with Gasteiger partial charge in [-0.15, -0.1) is 0 Å². The Hall–Kier alpha value is -3.15. The first-order chi connectivity index (χ1) is 38.0. The van der Waals surface area contributed by atoms with E-state index in [1.165, 1.54) is 186 Å². The first-order valence-corrected chi connectivity index (χ1v) is 33.4. The number of ether oxygens (including phenoxy) is 3. The van der Waals surface area contributed by atoms with Crippen LogP contribution in [0.2, 0.25) is 0 Å². The smallest absolute Gasteiger partial charge is 0.306 e. The molecule has 0 aromatic carbocycles. The van der Waals surface area contributed by atoms with Crippen LogP contribution in [0.1, 0.15) is 342 Å². The summed E-state index contributed by atoms with van der Waals surface area (Å²) in [6.45, 7) is 6.53. The molecule has 0 amide bonds. The zero-order valence-electron chi connectivity index (χ0n) is 51.2. The lowest BCUT2D eigenvalue weighted by atomic mass is 10.0. The molecule has 1 atom stereocenters. The predicted octanol–water partition coefficient (Wildman–Crippen LogP) is 22.9. The summed E-state index contributed by atoms with van der Waals surface area (Å²) in [6, 6.07) is 0. The van der Waals surface area contributed by atoms with Crippen LogP contribution in [-0.4, -0.2) is 37.2 Å². The van der Waals surface area contributed by atoms with Crippen molar-refractivity contribution in [3.63, 3.8) is 0 Å². The topological polar surface area (TPSA) is 78.9 Å². The van der Waals surface area contributed by atoms with Crippen molar-refractivity contribution in [2.24, 2.45) is 0 Å². The third kappa shape index (κ3) is 63.6. The van der Waals surface area contributed by atoms with Gasteiger partial charge in [0.1, 0.15) is 13.2 Å². The molecule has 0 heterocycles. The number of esters is 3. The van der Waals surface area contributed by atoms with Gasteiger partial charge in [0, 0.05) is 19.3 Å². The van der Waals surface area contributed by atoms with Crippen LogP contribution in [0.3, 0.4) is 0 Å². The molecule has 0 N–H and O–H groups in total. The van der Waals surface area contributed by atoms with Gasteiger partial charge in [-0.25, -0.2) is 0 Å². The summed E-state index contributed by atoms with van der Waals surface area (Å²) >= 11 is 0. The van der Waals surface area contributed by atoms with Gasteiger partial charge in [0.15, 0.2) is 6.10 Å². The van der Waals surface area contributed by atoms with Crippen LogP contribution in [0.15, 0.2) is 72.9 Å². The van der Waals surface area contributed by atoms with Crippen molar-refractivity contribution < 1.29 is 28.6 Å². The van der Waals surface area contributed by atoms with Crippen molar-refractivity contribution in [3.8, 4) is 0 Å². The Balaban J connectivity index is 4.27. The van der Waals surface area contributed by atoms with E-state index >= 15 is 0 Å². The average Bonchev–Trinajstić information content (AvgIpc) is 3.43. The van der Waals surface area contributed by atoms with Crippen LogP contribution in [0.25, 0.3) is 0 Å². The molecule has 0 bridgehead atoms. The van der Waals surface area contributed by atoms with Crippen molar-refractivity contribution in [1.82, 2.24) is 0 Å². The summed E-state index contributed by atoms with van der Waals surface area (Å²) in [4.78, 5) is 38.3. The summed E-state index contributed by atoms with van der Waals surface area (Å²) in [7, 11) is 0. The number of hydrogen-bond donors (Lipinski definition) is 0. The van der Waals surface area contributed by atoms with E-state index in [2.05, 4.69) is 93.7 Å². The van der Waals surface area contributed by atoms with Crippen molar-refractivity contribution in [3.05, 3.63) is 72.9 Å². The molecular weight excluding hydrogens is 949 g/mol. The third-order valence-electron chi connectivity index (χ3n) is 14.7. The number of hydrogen-bond acceptors (Lipinski definition) is 6. The second-order valence-electron chi connectivity index (χ2n) is 22.4. The molecule has 6 nitrogen and oxygen atoms in total. The van der Waals surface area contributed by atoms with Gasteiger partial charge in [-0.1, -0.05) is 306 Å². The third-order valence-corrected chi connectivity index (χ3v) is 14.7. The summed E-state index contributed by atoms with van der Waals surface area (Å²) in [6.07, 6.45) is 85.0. The molecule has 0 aliphatic carbocycles. The molecule has 0 fully saturated rings. The van der Waals surface area contributed by atoms with Gasteiger partial charge in [0.05, 0.1) is 0 Å². The van der Waals surface area contributed by atoms with Crippen LogP contribution < -0.4 is 0 Å². The molecule has 6 heteroatoms. The van der Waals surface area contributed by atoms with E-state index in [-0.39, 0.29) is 31.1 Å². The number of carbonyl (C=O) groups excluding carboxylic acids is 3. The van der Waals surface area contributed by atoms with E-state index in [1.54, 1.807) is 0 Å². The minimum Gasteiger partial charge on any atom is -0.462 e. The fourth-order valence-electron chi connectivity index (χ4n) is 9.70. The molecule has 0 radical (unpaired) electrons. The van der Waals surface area contributed by atoms with Crippen molar-refractivity contribution >= 4 is 17.9 Å². The van der Waals surface area contributed by atoms with Gasteiger partial charge < -0.3 is 14.2 Å². The minimum atomic E-state index is -0.789. The quantitative estimate of drug-likeness (QED) is 0.0261. The standard InChI is InChI=1S/C71H126O6/c1-4-7-10-13-16-19-22-25-27-29-31-33-34-35-36-37-39-40-42-44-46-49-52-55-58-61-64-70(73)76-67-68(66-75-69(72)63-60-57-54-51-48-24-21-18-15-12-9-6-3)77-71(74)65-62-59-56-53-50-47-45-43-41-38-32-30-28-26-23-20-17-14-11-8-5-2/h8,11,17-18,20-21,26,28,32,38,43,45,68H,4-7,9-10,12-16,19,22-25,27,29-31,33-37,39-42,44,46-67H2,1-3H3/b11-8-,20-17-,21-18-,28-26-,38-32-,45-43-. The Morgan fingerprint density at radius 2 is 0.506 bits per heavy atom. The van der Waals surface area contributed by atoms with Crippen LogP contribution in [-0.2, 0) is 28.6 Å². The number of carbonyl (C=O) groups is 3. The van der Waals surface area contributed by atoms with Crippen LogP contribution >= 0.6 is 0 Å². The molecule has 0 saturated carbocycles. The van der Waals surface area contributed by atoms with Gasteiger partial charge in [0.2, 0.25) is 0 Å². The van der Waals surface area contributed by atoms with E-state index in [4.69, 9.17) is 14.2 Å². The molecule has 77 heavy (non-hydrogen) atoms. The molecule has 0 spiro atoms. The highest BCUT2D eigenvalue weighted by molar-refractivity contribution is 5.71. The molecule has 0 aliphatic rings. The number of unbranched alkanes of at least 4 members (excludes halogenated alkanes) is 38. The number of allylic oxidation sites excluding steroid dienone is 12. The maximum Gasteiger partial charge on any atom is 0.306 e. The highest BCUT2D eigenvalue weighted by atomic mass is 16.6. The van der Waals surface area contributed by atoms with Gasteiger partial charge in [0.25, 0.3) is 0 Å². The first kappa shape index (κ1) is 73.8. The molecule has 0 aromatic rings. The Kier molecular flexibility index (Phi) is 62.7. The minimum absolute atomic E-state index is 0.0832. The highest BCUT2D eigenvalue weighted by Crippen LogP contribution is 2.18. The Labute approximate surface area is 478 Å². The van der Waals surface area contributed by atoms with E-state index in [9.17, 15) is 14.4 Å². The highest BCUT2D eigenvalue weighted by Gasteiger charge is 2.19. The zero-order valence-corrected chi connectivity index (χ0v) is 51.2. The van der Waals surface area contributed by atoms with Gasteiger partial charge >= 0.3 is 17.9 Å². The van der Waals surface area contributed by atoms with Crippen LogP contribution in [0.4, 0.5) is 0 Å². The molecule has 0 aromatic heterocycles. The lowest BCUT2D eigenvalue weighted by molar-refractivity contribution is -0.167. The summed E-state index contributed by atoms with van der Waals surface area (Å²) in [5, 5.41) is 0. The maximum atomic E-state index is 12.9. The normalized spacial score (nSPS) is 12.5. The summed E-state index contributed by atoms with van der Waals surface area (Å²) in [5.74, 6) is -0.895. The second kappa shape index (κ2) is 65.4.